The van der Waals surface area contributed by atoms with Crippen LogP contribution in [0.2, 0.25) is 0 Å². The summed E-state index contributed by atoms with van der Waals surface area (Å²) in [7, 11) is 0. The highest BCUT2D eigenvalue weighted by molar-refractivity contribution is 7.09. The van der Waals surface area contributed by atoms with Crippen molar-refractivity contribution in [2.24, 2.45) is 0 Å². The van der Waals surface area contributed by atoms with Crippen LogP contribution in [-0.4, -0.2) is 10.1 Å². The third-order valence-corrected chi connectivity index (χ3v) is 3.47. The highest BCUT2D eigenvalue weighted by Crippen LogP contribution is 2.25. The van der Waals surface area contributed by atoms with E-state index in [1.54, 1.807) is 23.6 Å². The molecule has 1 aromatic carbocycles. The van der Waals surface area contributed by atoms with E-state index in [2.05, 4.69) is 10.3 Å². The van der Waals surface area contributed by atoms with Gasteiger partial charge < -0.3 is 10.4 Å². The molecule has 17 heavy (non-hydrogen) atoms. The lowest BCUT2D eigenvalue weighted by Gasteiger charge is -2.15. The first-order valence-corrected chi connectivity index (χ1v) is 6.46. The quantitative estimate of drug-likeness (QED) is 0.874. The second-order valence-corrected chi connectivity index (χ2v) is 5.07. The number of aryl methyl sites for hydroxylation is 1. The fraction of sp³-hybridized carbons (Fsp3) is 0.308. The van der Waals surface area contributed by atoms with Crippen LogP contribution in [0.1, 0.15) is 29.1 Å². The molecule has 0 aliphatic heterocycles. The molecule has 0 fully saturated rings. The van der Waals surface area contributed by atoms with Crippen molar-refractivity contribution in [3.05, 3.63) is 45.9 Å². The Bertz CT molecular complexity index is 482. The Kier molecular flexibility index (Phi) is 3.76. The number of rotatable bonds is 4. The van der Waals surface area contributed by atoms with Crippen LogP contribution in [0.25, 0.3) is 0 Å². The molecule has 0 amide bonds. The van der Waals surface area contributed by atoms with E-state index in [4.69, 9.17) is 0 Å². The van der Waals surface area contributed by atoms with E-state index in [1.807, 2.05) is 31.4 Å². The molecular formula is C13H16N2OS. The van der Waals surface area contributed by atoms with Crippen LogP contribution < -0.4 is 5.32 Å². The van der Waals surface area contributed by atoms with E-state index in [-0.39, 0.29) is 6.04 Å². The molecule has 1 aromatic heterocycles. The summed E-state index contributed by atoms with van der Waals surface area (Å²) in [6.07, 6.45) is 1.80. The number of nitrogens with zero attached hydrogens (tertiary/aromatic N) is 1. The summed E-state index contributed by atoms with van der Waals surface area (Å²) in [5, 5.41) is 16.2. The molecule has 3 nitrogen and oxygen atoms in total. The average Bonchev–Trinajstić information content (AvgIpc) is 2.82. The first kappa shape index (κ1) is 12.1. The number of benzene rings is 1. The average molecular weight is 248 g/mol. The number of nitrogens with one attached hydrogen (secondary N) is 1. The Morgan fingerprint density at radius 3 is 3.00 bits per heavy atom. The minimum atomic E-state index is 0.110. The van der Waals surface area contributed by atoms with E-state index in [0.29, 0.717) is 5.75 Å². The van der Waals surface area contributed by atoms with Gasteiger partial charge in [0.25, 0.3) is 0 Å². The molecule has 1 heterocycles. The summed E-state index contributed by atoms with van der Waals surface area (Å²) in [5.74, 6) is 0.342. The highest BCUT2D eigenvalue weighted by Gasteiger charge is 2.10. The number of hydrogen-bond acceptors (Lipinski definition) is 4. The second kappa shape index (κ2) is 5.29. The highest BCUT2D eigenvalue weighted by atomic mass is 32.1. The van der Waals surface area contributed by atoms with E-state index in [1.165, 1.54) is 0 Å². The lowest BCUT2D eigenvalue weighted by atomic mass is 10.0. The van der Waals surface area contributed by atoms with Gasteiger partial charge in [0.1, 0.15) is 10.8 Å². The fourth-order valence-electron chi connectivity index (χ4n) is 1.71. The summed E-state index contributed by atoms with van der Waals surface area (Å²) in [5.41, 5.74) is 2.09. The molecule has 0 radical (unpaired) electrons. The van der Waals surface area contributed by atoms with Gasteiger partial charge in [-0.1, -0.05) is 17.7 Å². The van der Waals surface area contributed by atoms with Crippen LogP contribution in [0.5, 0.6) is 5.75 Å². The third kappa shape index (κ3) is 3.05. The van der Waals surface area contributed by atoms with Crippen molar-refractivity contribution in [2.45, 2.75) is 26.4 Å². The Balaban J connectivity index is 2.04. The van der Waals surface area contributed by atoms with Crippen molar-refractivity contribution in [2.75, 3.05) is 0 Å². The first-order valence-electron chi connectivity index (χ1n) is 5.58. The monoisotopic (exact) mass is 248 g/mol. The molecule has 2 aromatic rings. The predicted octanol–water partition coefficient (Wildman–Crippen LogP) is 3.01. The summed E-state index contributed by atoms with van der Waals surface area (Å²) in [6, 6.07) is 5.77. The van der Waals surface area contributed by atoms with Gasteiger partial charge in [0.2, 0.25) is 0 Å². The van der Waals surface area contributed by atoms with Gasteiger partial charge >= 0.3 is 0 Å². The number of phenols is 1. The van der Waals surface area contributed by atoms with Crippen LogP contribution in [0.4, 0.5) is 0 Å². The topological polar surface area (TPSA) is 45.1 Å². The molecular weight excluding hydrogens is 232 g/mol. The van der Waals surface area contributed by atoms with Crippen molar-refractivity contribution < 1.29 is 5.11 Å². The van der Waals surface area contributed by atoms with Gasteiger partial charge in [-0.2, -0.15) is 0 Å². The van der Waals surface area contributed by atoms with Crippen LogP contribution in [0, 0.1) is 6.92 Å². The van der Waals surface area contributed by atoms with E-state index >= 15 is 0 Å². The Labute approximate surface area is 105 Å². The molecule has 0 saturated heterocycles. The van der Waals surface area contributed by atoms with Crippen molar-refractivity contribution in [1.29, 1.82) is 0 Å². The zero-order chi connectivity index (χ0) is 12.3. The molecule has 0 spiro atoms. The number of phenolic OH excluding ortho intramolecular Hbond substituents is 1. The van der Waals surface area contributed by atoms with Crippen LogP contribution in [0.15, 0.2) is 29.8 Å². The summed E-state index contributed by atoms with van der Waals surface area (Å²) >= 11 is 1.63. The fourth-order valence-corrected chi connectivity index (χ4v) is 2.28. The van der Waals surface area contributed by atoms with Crippen molar-refractivity contribution in [3.63, 3.8) is 0 Å². The molecule has 0 saturated carbocycles. The SMILES string of the molecule is Cc1ccc(O)c(C(C)NCc2nccs2)c1. The maximum absolute atomic E-state index is 9.81. The predicted molar refractivity (Wildman–Crippen MR) is 70.2 cm³/mol. The molecule has 1 unspecified atom stereocenters. The van der Waals surface area contributed by atoms with Gasteiger partial charge in [-0.15, -0.1) is 11.3 Å². The van der Waals surface area contributed by atoms with Crippen LogP contribution >= 0.6 is 11.3 Å². The van der Waals surface area contributed by atoms with Crippen molar-refractivity contribution in [1.82, 2.24) is 10.3 Å². The van der Waals surface area contributed by atoms with Gasteiger partial charge in [-0.25, -0.2) is 4.98 Å². The molecule has 0 aliphatic carbocycles. The Morgan fingerprint density at radius 1 is 1.47 bits per heavy atom. The second-order valence-electron chi connectivity index (χ2n) is 4.09. The maximum Gasteiger partial charge on any atom is 0.120 e. The number of aromatic nitrogens is 1. The molecule has 90 valence electrons. The van der Waals surface area contributed by atoms with Crippen LogP contribution in [0.3, 0.4) is 0 Å². The van der Waals surface area contributed by atoms with E-state index < -0.39 is 0 Å². The van der Waals surface area contributed by atoms with E-state index in [9.17, 15) is 5.11 Å². The molecule has 2 rings (SSSR count). The standard InChI is InChI=1S/C13H16N2OS/c1-9-3-4-12(16)11(7-9)10(2)15-8-13-14-5-6-17-13/h3-7,10,15-16H,8H2,1-2H3. The van der Waals surface area contributed by atoms with Crippen molar-refractivity contribution in [3.8, 4) is 5.75 Å². The number of thiazole rings is 1. The number of hydrogen-bond donors (Lipinski definition) is 2. The van der Waals surface area contributed by atoms with Crippen LogP contribution in [-0.2, 0) is 6.54 Å². The van der Waals surface area contributed by atoms with Gasteiger partial charge in [0.05, 0.1) is 0 Å². The van der Waals surface area contributed by atoms with Gasteiger partial charge in [0, 0.05) is 29.7 Å². The molecule has 2 N–H and O–H groups in total. The summed E-state index contributed by atoms with van der Waals surface area (Å²) in [4.78, 5) is 4.22. The van der Waals surface area contributed by atoms with Gasteiger partial charge in [-0.3, -0.25) is 0 Å². The van der Waals surface area contributed by atoms with E-state index in [0.717, 1.165) is 22.7 Å². The lowest BCUT2D eigenvalue weighted by Crippen LogP contribution is -2.18. The molecule has 0 bridgehead atoms. The summed E-state index contributed by atoms with van der Waals surface area (Å²) < 4.78 is 0. The Morgan fingerprint density at radius 2 is 2.29 bits per heavy atom. The minimum absolute atomic E-state index is 0.110. The smallest absolute Gasteiger partial charge is 0.120 e. The summed E-state index contributed by atoms with van der Waals surface area (Å²) in [6.45, 7) is 4.80. The maximum atomic E-state index is 9.81. The van der Waals surface area contributed by atoms with Crippen molar-refractivity contribution >= 4 is 11.3 Å². The third-order valence-electron chi connectivity index (χ3n) is 2.69. The molecule has 4 heteroatoms. The molecule has 1 atom stereocenters. The van der Waals surface area contributed by atoms with Gasteiger partial charge in [0.15, 0.2) is 0 Å². The Hall–Kier alpha value is -1.39. The number of aromatic hydroxyl groups is 1. The minimum Gasteiger partial charge on any atom is -0.508 e. The molecule has 0 aliphatic rings. The lowest BCUT2D eigenvalue weighted by molar-refractivity contribution is 0.452. The first-order chi connectivity index (χ1) is 8.16. The zero-order valence-corrected chi connectivity index (χ0v) is 10.8. The normalized spacial score (nSPS) is 12.6. The van der Waals surface area contributed by atoms with Gasteiger partial charge in [-0.05, 0) is 19.9 Å². The zero-order valence-electron chi connectivity index (χ0n) is 9.97. The largest absolute Gasteiger partial charge is 0.508 e.